The Morgan fingerprint density at radius 3 is 2.89 bits per heavy atom. The van der Waals surface area contributed by atoms with Crippen molar-refractivity contribution >= 4 is 32.5 Å². The van der Waals surface area contributed by atoms with Crippen LogP contribution < -0.4 is 5.32 Å². The molecule has 2 nitrogen and oxygen atoms in total. The van der Waals surface area contributed by atoms with Gasteiger partial charge in [0.15, 0.2) is 0 Å². The fourth-order valence-electron chi connectivity index (χ4n) is 2.85. The topological polar surface area (TPSA) is 24.9 Å². The molecule has 100 valence electrons. The molecule has 1 aliphatic rings. The molecule has 0 unspecified atom stereocenters. The number of para-hydroxylation sites is 1. The molecule has 1 aliphatic carbocycles. The average molecular weight is 319 g/mol. The van der Waals surface area contributed by atoms with E-state index in [0.717, 1.165) is 30.2 Å². The minimum absolute atomic E-state index is 1.02. The monoisotopic (exact) mass is 318 g/mol. The lowest BCUT2D eigenvalue weighted by atomic mass is 9.92. The molecule has 3 heteroatoms. The second-order valence-corrected chi connectivity index (χ2v) is 5.90. The highest BCUT2D eigenvalue weighted by atomic mass is 79.9. The van der Waals surface area contributed by atoms with Gasteiger partial charge in [0.05, 0.1) is 5.52 Å². The fraction of sp³-hybridized carbons (Fsp3) is 0.438. The number of hydrogen-bond donors (Lipinski definition) is 1. The number of pyridine rings is 1. The lowest BCUT2D eigenvalue weighted by Crippen LogP contribution is -2.12. The largest absolute Gasteiger partial charge is 0.384 e. The van der Waals surface area contributed by atoms with Gasteiger partial charge in [0.25, 0.3) is 0 Å². The number of rotatable bonds is 4. The van der Waals surface area contributed by atoms with Crippen molar-refractivity contribution in [3.63, 3.8) is 0 Å². The molecule has 0 radical (unpaired) electrons. The SMILES string of the molecule is BrCCCNc1c2c(nc3ccccc13)CCCC2. The van der Waals surface area contributed by atoms with Gasteiger partial charge in [-0.25, -0.2) is 0 Å². The first kappa shape index (κ1) is 12.9. The molecule has 1 heterocycles. The molecule has 19 heavy (non-hydrogen) atoms. The van der Waals surface area contributed by atoms with E-state index in [1.165, 1.54) is 41.6 Å². The maximum atomic E-state index is 4.86. The third kappa shape index (κ3) is 2.62. The third-order valence-electron chi connectivity index (χ3n) is 3.78. The number of alkyl halides is 1. The Bertz CT molecular complexity index is 580. The predicted molar refractivity (Wildman–Crippen MR) is 85.3 cm³/mol. The van der Waals surface area contributed by atoms with E-state index in [1.54, 1.807) is 0 Å². The van der Waals surface area contributed by atoms with E-state index < -0.39 is 0 Å². The minimum atomic E-state index is 1.02. The van der Waals surface area contributed by atoms with Crippen LogP contribution in [0.3, 0.4) is 0 Å². The molecule has 0 aliphatic heterocycles. The van der Waals surface area contributed by atoms with Gasteiger partial charge in [0.1, 0.15) is 0 Å². The molecule has 2 aromatic rings. The van der Waals surface area contributed by atoms with Crippen LogP contribution in [0.5, 0.6) is 0 Å². The summed E-state index contributed by atoms with van der Waals surface area (Å²) in [7, 11) is 0. The van der Waals surface area contributed by atoms with Crippen LogP contribution in [-0.2, 0) is 12.8 Å². The zero-order valence-electron chi connectivity index (χ0n) is 11.1. The molecular weight excluding hydrogens is 300 g/mol. The second-order valence-electron chi connectivity index (χ2n) is 5.11. The van der Waals surface area contributed by atoms with Crippen LogP contribution in [0.15, 0.2) is 24.3 Å². The molecule has 1 aromatic heterocycles. The average Bonchev–Trinajstić information content (AvgIpc) is 2.46. The van der Waals surface area contributed by atoms with Crippen LogP contribution in [0.1, 0.15) is 30.5 Å². The second kappa shape index (κ2) is 5.91. The van der Waals surface area contributed by atoms with Crippen LogP contribution >= 0.6 is 15.9 Å². The van der Waals surface area contributed by atoms with Crippen molar-refractivity contribution in [1.29, 1.82) is 0 Å². The van der Waals surface area contributed by atoms with Gasteiger partial charge in [-0.2, -0.15) is 0 Å². The number of nitrogens with one attached hydrogen (secondary N) is 1. The summed E-state index contributed by atoms with van der Waals surface area (Å²) < 4.78 is 0. The molecule has 0 bridgehead atoms. The normalized spacial score (nSPS) is 14.4. The highest BCUT2D eigenvalue weighted by Gasteiger charge is 2.17. The van der Waals surface area contributed by atoms with E-state index in [-0.39, 0.29) is 0 Å². The number of aromatic nitrogens is 1. The Morgan fingerprint density at radius 2 is 2.00 bits per heavy atom. The number of aryl methyl sites for hydroxylation is 1. The maximum absolute atomic E-state index is 4.86. The van der Waals surface area contributed by atoms with Crippen molar-refractivity contribution in [2.24, 2.45) is 0 Å². The summed E-state index contributed by atoms with van der Waals surface area (Å²) >= 11 is 3.50. The maximum Gasteiger partial charge on any atom is 0.0726 e. The Morgan fingerprint density at radius 1 is 1.16 bits per heavy atom. The van der Waals surface area contributed by atoms with E-state index in [2.05, 4.69) is 45.5 Å². The number of nitrogens with zero attached hydrogens (tertiary/aromatic N) is 1. The van der Waals surface area contributed by atoms with E-state index in [0.29, 0.717) is 0 Å². The predicted octanol–water partition coefficient (Wildman–Crippen LogP) is 4.31. The molecule has 1 N–H and O–H groups in total. The van der Waals surface area contributed by atoms with Gasteiger partial charge in [-0.1, -0.05) is 34.1 Å². The zero-order chi connectivity index (χ0) is 13.1. The van der Waals surface area contributed by atoms with Gasteiger partial charge in [-0.15, -0.1) is 0 Å². The molecule has 0 saturated carbocycles. The summed E-state index contributed by atoms with van der Waals surface area (Å²) in [4.78, 5) is 4.86. The van der Waals surface area contributed by atoms with Gasteiger partial charge >= 0.3 is 0 Å². The number of halogens is 1. The Balaban J connectivity index is 2.08. The summed E-state index contributed by atoms with van der Waals surface area (Å²) in [5.74, 6) is 0. The van der Waals surface area contributed by atoms with Gasteiger partial charge < -0.3 is 5.32 Å². The quantitative estimate of drug-likeness (QED) is 0.671. The van der Waals surface area contributed by atoms with Crippen LogP contribution in [0.2, 0.25) is 0 Å². The first-order valence-electron chi connectivity index (χ1n) is 7.10. The molecule has 1 aromatic carbocycles. The van der Waals surface area contributed by atoms with E-state index in [1.807, 2.05) is 0 Å². The summed E-state index contributed by atoms with van der Waals surface area (Å²) in [6, 6.07) is 8.50. The molecule has 0 atom stereocenters. The highest BCUT2D eigenvalue weighted by Crippen LogP contribution is 2.33. The van der Waals surface area contributed by atoms with Crippen molar-refractivity contribution in [3.05, 3.63) is 35.5 Å². The van der Waals surface area contributed by atoms with Gasteiger partial charge in [0.2, 0.25) is 0 Å². The molecule has 0 amide bonds. The summed E-state index contributed by atoms with van der Waals surface area (Å²) in [6.07, 6.45) is 6.02. The van der Waals surface area contributed by atoms with Gasteiger partial charge in [-0.3, -0.25) is 4.98 Å². The minimum Gasteiger partial charge on any atom is -0.384 e. The highest BCUT2D eigenvalue weighted by molar-refractivity contribution is 9.09. The first-order valence-corrected chi connectivity index (χ1v) is 8.22. The molecule has 0 saturated heterocycles. The summed E-state index contributed by atoms with van der Waals surface area (Å²) in [5, 5.41) is 5.97. The number of fused-ring (bicyclic) bond motifs is 2. The van der Waals surface area contributed by atoms with E-state index in [9.17, 15) is 0 Å². The van der Waals surface area contributed by atoms with Crippen LogP contribution in [0.4, 0.5) is 5.69 Å². The summed E-state index contributed by atoms with van der Waals surface area (Å²) in [5.41, 5.74) is 5.23. The lowest BCUT2D eigenvalue weighted by molar-refractivity contribution is 0.672. The van der Waals surface area contributed by atoms with Crippen LogP contribution in [-0.4, -0.2) is 16.9 Å². The van der Waals surface area contributed by atoms with Gasteiger partial charge in [0, 0.05) is 28.6 Å². The third-order valence-corrected chi connectivity index (χ3v) is 4.34. The lowest BCUT2D eigenvalue weighted by Gasteiger charge is -2.21. The van der Waals surface area contributed by atoms with Crippen molar-refractivity contribution in [1.82, 2.24) is 4.98 Å². The van der Waals surface area contributed by atoms with Crippen molar-refractivity contribution in [2.75, 3.05) is 17.2 Å². The van der Waals surface area contributed by atoms with E-state index in [4.69, 9.17) is 4.98 Å². The Kier molecular flexibility index (Phi) is 4.02. The Labute approximate surface area is 122 Å². The molecule has 0 fully saturated rings. The standard InChI is InChI=1S/C16H19BrN2/c17-10-5-11-18-16-12-6-1-3-8-14(12)19-15-9-4-2-7-13(15)16/h1,3,6,8H,2,4-5,7,9-11H2,(H,18,19). The van der Waals surface area contributed by atoms with Crippen LogP contribution in [0, 0.1) is 0 Å². The van der Waals surface area contributed by atoms with Crippen molar-refractivity contribution in [3.8, 4) is 0 Å². The molecular formula is C16H19BrN2. The van der Waals surface area contributed by atoms with Crippen LogP contribution in [0.25, 0.3) is 10.9 Å². The number of hydrogen-bond acceptors (Lipinski definition) is 2. The number of benzene rings is 1. The van der Waals surface area contributed by atoms with Crippen molar-refractivity contribution < 1.29 is 0 Å². The first-order chi connectivity index (χ1) is 9.40. The van der Waals surface area contributed by atoms with Crippen molar-refractivity contribution in [2.45, 2.75) is 32.1 Å². The van der Waals surface area contributed by atoms with E-state index >= 15 is 0 Å². The summed E-state index contributed by atoms with van der Waals surface area (Å²) in [6.45, 7) is 1.02. The smallest absolute Gasteiger partial charge is 0.0726 e. The fourth-order valence-corrected chi connectivity index (χ4v) is 3.14. The molecule has 0 spiro atoms. The zero-order valence-corrected chi connectivity index (χ0v) is 12.7. The Hall–Kier alpha value is -1.09. The van der Waals surface area contributed by atoms with Gasteiger partial charge in [-0.05, 0) is 43.7 Å². The molecule has 3 rings (SSSR count). The number of anilines is 1.